The van der Waals surface area contributed by atoms with Gasteiger partial charge in [0.05, 0.1) is 0 Å². The van der Waals surface area contributed by atoms with Gasteiger partial charge in [0, 0.05) is 24.6 Å². The van der Waals surface area contributed by atoms with Gasteiger partial charge >= 0.3 is 0 Å². The number of hydrogen-bond acceptors (Lipinski definition) is 2. The van der Waals surface area contributed by atoms with E-state index < -0.39 is 0 Å². The zero-order chi connectivity index (χ0) is 10.1. The van der Waals surface area contributed by atoms with Gasteiger partial charge in [0.1, 0.15) is 5.82 Å². The van der Waals surface area contributed by atoms with Crippen molar-refractivity contribution in [2.24, 2.45) is 7.05 Å². The number of hydrogen-bond donors (Lipinski definition) is 2. The van der Waals surface area contributed by atoms with Crippen LogP contribution in [-0.4, -0.2) is 14.5 Å². The molecule has 2 aromatic rings. The lowest BCUT2D eigenvalue weighted by atomic mass is 10.5. The fourth-order valence-corrected chi connectivity index (χ4v) is 1.34. The van der Waals surface area contributed by atoms with Crippen LogP contribution in [0.5, 0.6) is 0 Å². The Kier molecular flexibility index (Phi) is 2.04. The van der Waals surface area contributed by atoms with Crippen molar-refractivity contribution in [3.63, 3.8) is 0 Å². The van der Waals surface area contributed by atoms with Crippen LogP contribution < -0.4 is 5.32 Å². The van der Waals surface area contributed by atoms with Gasteiger partial charge in [-0.15, -0.1) is 0 Å². The Morgan fingerprint density at radius 2 is 2.14 bits per heavy atom. The molecule has 0 fully saturated rings. The summed E-state index contributed by atoms with van der Waals surface area (Å²) < 4.78 is 2.08. The molecule has 0 atom stereocenters. The molecule has 0 aliphatic rings. The third-order valence-electron chi connectivity index (χ3n) is 2.32. The summed E-state index contributed by atoms with van der Waals surface area (Å²) >= 11 is 0. The van der Waals surface area contributed by atoms with E-state index in [9.17, 15) is 0 Å². The predicted molar refractivity (Wildman–Crippen MR) is 56.8 cm³/mol. The van der Waals surface area contributed by atoms with Crippen molar-refractivity contribution in [3.05, 3.63) is 29.7 Å². The van der Waals surface area contributed by atoms with Crippen LogP contribution in [0.1, 0.15) is 11.4 Å². The van der Waals surface area contributed by atoms with E-state index in [0.717, 1.165) is 17.5 Å². The first-order valence-electron chi connectivity index (χ1n) is 4.58. The maximum Gasteiger partial charge on any atom is 0.205 e. The second-order valence-electron chi connectivity index (χ2n) is 3.46. The monoisotopic (exact) mass is 190 g/mol. The van der Waals surface area contributed by atoms with Crippen LogP contribution in [0.2, 0.25) is 0 Å². The van der Waals surface area contributed by atoms with Gasteiger partial charge in [-0.25, -0.2) is 4.98 Å². The largest absolute Gasteiger partial charge is 0.335 e. The van der Waals surface area contributed by atoms with Crippen LogP contribution in [-0.2, 0) is 7.05 Å². The molecule has 2 rings (SSSR count). The van der Waals surface area contributed by atoms with E-state index in [1.54, 1.807) is 6.20 Å². The highest BCUT2D eigenvalue weighted by molar-refractivity contribution is 5.50. The number of aromatic amines is 1. The molecule has 2 heterocycles. The van der Waals surface area contributed by atoms with Crippen LogP contribution in [0.3, 0.4) is 0 Å². The van der Waals surface area contributed by atoms with Crippen LogP contribution in [0.25, 0.3) is 0 Å². The maximum absolute atomic E-state index is 4.18. The molecule has 0 aliphatic carbocycles. The van der Waals surface area contributed by atoms with Gasteiger partial charge < -0.3 is 14.9 Å². The second kappa shape index (κ2) is 3.21. The summed E-state index contributed by atoms with van der Waals surface area (Å²) in [4.78, 5) is 7.31. The molecule has 0 spiro atoms. The molecule has 4 heteroatoms. The molecule has 4 nitrogen and oxygen atoms in total. The zero-order valence-corrected chi connectivity index (χ0v) is 8.63. The van der Waals surface area contributed by atoms with E-state index in [1.807, 2.05) is 20.0 Å². The summed E-state index contributed by atoms with van der Waals surface area (Å²) in [6.07, 6.45) is 1.80. The topological polar surface area (TPSA) is 45.6 Å². The number of H-pyrrole nitrogens is 1. The Balaban J connectivity index is 2.22. The fraction of sp³-hybridized carbons (Fsp3) is 0.300. The lowest BCUT2D eigenvalue weighted by Crippen LogP contribution is -2.00. The lowest BCUT2D eigenvalue weighted by Gasteiger charge is -2.05. The van der Waals surface area contributed by atoms with Crippen molar-refractivity contribution in [1.29, 1.82) is 0 Å². The Hall–Kier alpha value is -1.71. The van der Waals surface area contributed by atoms with Gasteiger partial charge in [-0.2, -0.15) is 0 Å². The number of anilines is 2. The highest BCUT2D eigenvalue weighted by atomic mass is 15.2. The molecule has 2 aromatic heterocycles. The standard InChI is InChI=1S/C10H14N4/c1-7-6-11-10(12-7)13-9-5-4-8(2)14(9)3/h4-6H,1-3H3,(H2,11,12,13). The van der Waals surface area contributed by atoms with E-state index in [1.165, 1.54) is 5.69 Å². The van der Waals surface area contributed by atoms with Crippen molar-refractivity contribution < 1.29 is 0 Å². The number of nitrogens with zero attached hydrogens (tertiary/aromatic N) is 2. The molecular weight excluding hydrogens is 176 g/mol. The number of aromatic nitrogens is 3. The normalized spacial score (nSPS) is 10.5. The molecular formula is C10H14N4. The molecule has 0 amide bonds. The SMILES string of the molecule is Cc1cnc(Nc2ccc(C)n2C)[nH]1. The molecule has 0 aromatic carbocycles. The molecule has 0 bridgehead atoms. The molecule has 0 saturated heterocycles. The highest BCUT2D eigenvalue weighted by Gasteiger charge is 2.02. The van der Waals surface area contributed by atoms with Crippen molar-refractivity contribution >= 4 is 11.8 Å². The van der Waals surface area contributed by atoms with Crippen LogP contribution >= 0.6 is 0 Å². The first kappa shape index (κ1) is 8.87. The summed E-state index contributed by atoms with van der Waals surface area (Å²) in [7, 11) is 2.02. The molecule has 2 N–H and O–H groups in total. The van der Waals surface area contributed by atoms with Gasteiger partial charge in [-0.05, 0) is 26.0 Å². The van der Waals surface area contributed by atoms with Crippen molar-refractivity contribution in [1.82, 2.24) is 14.5 Å². The minimum absolute atomic E-state index is 0.781. The summed E-state index contributed by atoms with van der Waals surface area (Å²) in [5.41, 5.74) is 2.27. The van der Waals surface area contributed by atoms with Crippen LogP contribution in [0, 0.1) is 13.8 Å². The summed E-state index contributed by atoms with van der Waals surface area (Å²) in [6, 6.07) is 4.10. The van der Waals surface area contributed by atoms with Crippen molar-refractivity contribution in [2.45, 2.75) is 13.8 Å². The minimum Gasteiger partial charge on any atom is -0.335 e. The third kappa shape index (κ3) is 1.51. The summed E-state index contributed by atoms with van der Waals surface area (Å²) in [5.74, 6) is 1.82. The van der Waals surface area contributed by atoms with Gasteiger partial charge in [0.2, 0.25) is 5.95 Å². The average molecular weight is 190 g/mol. The molecule has 0 unspecified atom stereocenters. The van der Waals surface area contributed by atoms with E-state index in [2.05, 4.69) is 32.8 Å². The molecule has 74 valence electrons. The Morgan fingerprint density at radius 1 is 1.36 bits per heavy atom. The molecule has 0 aliphatic heterocycles. The summed E-state index contributed by atoms with van der Waals surface area (Å²) in [6.45, 7) is 4.05. The molecule has 0 radical (unpaired) electrons. The number of rotatable bonds is 2. The number of nitrogens with one attached hydrogen (secondary N) is 2. The minimum atomic E-state index is 0.781. The summed E-state index contributed by atoms with van der Waals surface area (Å²) in [5, 5.41) is 3.21. The van der Waals surface area contributed by atoms with Crippen molar-refractivity contribution in [3.8, 4) is 0 Å². The average Bonchev–Trinajstić information content (AvgIpc) is 2.67. The fourth-order valence-electron chi connectivity index (χ4n) is 1.34. The van der Waals surface area contributed by atoms with Crippen LogP contribution in [0.4, 0.5) is 11.8 Å². The first-order valence-corrected chi connectivity index (χ1v) is 4.58. The van der Waals surface area contributed by atoms with Crippen LogP contribution in [0.15, 0.2) is 18.3 Å². The van der Waals surface area contributed by atoms with Gasteiger partial charge in [0.15, 0.2) is 0 Å². The first-order chi connectivity index (χ1) is 6.66. The lowest BCUT2D eigenvalue weighted by molar-refractivity contribution is 0.888. The third-order valence-corrected chi connectivity index (χ3v) is 2.32. The maximum atomic E-state index is 4.18. The van der Waals surface area contributed by atoms with Gasteiger partial charge in [0.25, 0.3) is 0 Å². The van der Waals surface area contributed by atoms with E-state index in [-0.39, 0.29) is 0 Å². The Morgan fingerprint density at radius 3 is 2.64 bits per heavy atom. The smallest absolute Gasteiger partial charge is 0.205 e. The zero-order valence-electron chi connectivity index (χ0n) is 8.63. The van der Waals surface area contributed by atoms with E-state index in [4.69, 9.17) is 0 Å². The van der Waals surface area contributed by atoms with Crippen molar-refractivity contribution in [2.75, 3.05) is 5.32 Å². The second-order valence-corrected chi connectivity index (χ2v) is 3.46. The highest BCUT2D eigenvalue weighted by Crippen LogP contribution is 2.15. The predicted octanol–water partition coefficient (Wildman–Crippen LogP) is 2.11. The van der Waals surface area contributed by atoms with Gasteiger partial charge in [-0.3, -0.25) is 0 Å². The van der Waals surface area contributed by atoms with Gasteiger partial charge in [-0.1, -0.05) is 0 Å². The quantitative estimate of drug-likeness (QED) is 0.761. The Labute approximate surface area is 83.0 Å². The van der Waals surface area contributed by atoms with E-state index >= 15 is 0 Å². The number of aryl methyl sites for hydroxylation is 2. The molecule has 14 heavy (non-hydrogen) atoms. The molecule has 0 saturated carbocycles. The van der Waals surface area contributed by atoms with E-state index in [0.29, 0.717) is 0 Å². The number of imidazole rings is 1. The Bertz CT molecular complexity index is 439.